The fraction of sp³-hybridized carbons (Fsp3) is 0.412. The van der Waals surface area contributed by atoms with Gasteiger partial charge in [-0.3, -0.25) is 4.79 Å². The largest absolute Gasteiger partial charge is 0.388 e. The van der Waals surface area contributed by atoms with Gasteiger partial charge < -0.3 is 25.1 Å². The van der Waals surface area contributed by atoms with E-state index < -0.39 is 5.60 Å². The van der Waals surface area contributed by atoms with Gasteiger partial charge in [0, 0.05) is 55.7 Å². The van der Waals surface area contributed by atoms with Crippen LogP contribution in [0.25, 0.3) is 0 Å². The fourth-order valence-electron chi connectivity index (χ4n) is 6.24. The molecule has 2 saturated heterocycles. The third-order valence-corrected chi connectivity index (χ3v) is 8.59. The van der Waals surface area contributed by atoms with Crippen LogP contribution in [0.4, 0.5) is 17.1 Å². The zero-order valence-electron chi connectivity index (χ0n) is 24.6. The Morgan fingerprint density at radius 2 is 1.63 bits per heavy atom. The van der Waals surface area contributed by atoms with Crippen molar-refractivity contribution in [1.29, 1.82) is 5.26 Å². The number of para-hydroxylation sites is 2. The Balaban J connectivity index is 1.29. The Bertz CT molecular complexity index is 1420. The van der Waals surface area contributed by atoms with E-state index in [1.54, 1.807) is 0 Å². The van der Waals surface area contributed by atoms with Gasteiger partial charge in [0.05, 0.1) is 22.9 Å². The van der Waals surface area contributed by atoms with Crippen molar-refractivity contribution < 1.29 is 9.90 Å². The number of nitrogens with one attached hydrogen (secondary N) is 1. The number of piperazine rings is 1. The van der Waals surface area contributed by atoms with Gasteiger partial charge in [-0.2, -0.15) is 5.26 Å². The molecule has 0 aliphatic carbocycles. The Morgan fingerprint density at radius 1 is 0.951 bits per heavy atom. The molecule has 1 amide bonds. The number of carbonyl (C=O) groups is 1. The Kier molecular flexibility index (Phi) is 8.23. The van der Waals surface area contributed by atoms with E-state index in [-0.39, 0.29) is 11.9 Å². The summed E-state index contributed by atoms with van der Waals surface area (Å²) in [5, 5.41) is 24.3. The van der Waals surface area contributed by atoms with Gasteiger partial charge in [0.2, 0.25) is 0 Å². The number of nitriles is 1. The summed E-state index contributed by atoms with van der Waals surface area (Å²) < 4.78 is 0. The van der Waals surface area contributed by atoms with Gasteiger partial charge in [0.25, 0.3) is 5.91 Å². The van der Waals surface area contributed by atoms with Crippen LogP contribution in [0.1, 0.15) is 53.7 Å². The second kappa shape index (κ2) is 11.8. The molecule has 2 aliphatic heterocycles. The monoisotopic (exact) mass is 551 g/mol. The van der Waals surface area contributed by atoms with Crippen molar-refractivity contribution in [3.8, 4) is 6.07 Å². The zero-order chi connectivity index (χ0) is 29.1. The summed E-state index contributed by atoms with van der Waals surface area (Å²) in [6, 6.07) is 24.4. The number of anilines is 3. The molecule has 1 unspecified atom stereocenters. The number of benzene rings is 3. The first-order valence-corrected chi connectivity index (χ1v) is 14.6. The van der Waals surface area contributed by atoms with Gasteiger partial charge >= 0.3 is 0 Å². The van der Waals surface area contributed by atoms with Gasteiger partial charge in [-0.05, 0) is 82.0 Å². The highest BCUT2D eigenvalue weighted by Crippen LogP contribution is 2.30. The molecule has 3 aromatic rings. The summed E-state index contributed by atoms with van der Waals surface area (Å²) >= 11 is 0. The van der Waals surface area contributed by atoms with Crippen molar-refractivity contribution in [2.75, 3.05) is 47.8 Å². The first kappa shape index (κ1) is 28.5. The first-order chi connectivity index (χ1) is 19.7. The van der Waals surface area contributed by atoms with E-state index in [0.717, 1.165) is 54.1 Å². The molecule has 0 bridgehead atoms. The summed E-state index contributed by atoms with van der Waals surface area (Å²) in [4.78, 5) is 20.3. The molecule has 0 aromatic heterocycles. The molecule has 0 saturated carbocycles. The molecule has 2 N–H and O–H groups in total. The molecule has 3 aromatic carbocycles. The lowest BCUT2D eigenvalue weighted by Gasteiger charge is -2.47. The van der Waals surface area contributed by atoms with Crippen molar-refractivity contribution >= 4 is 23.0 Å². The number of hydrogen-bond acceptors (Lipinski definition) is 6. The highest BCUT2D eigenvalue weighted by molar-refractivity contribution is 5.97. The summed E-state index contributed by atoms with van der Waals surface area (Å²) in [6.07, 6.45) is 1.90. The number of carbonyl (C=O) groups excluding carboxylic acids is 1. The first-order valence-electron chi connectivity index (χ1n) is 14.6. The van der Waals surface area contributed by atoms with E-state index in [4.69, 9.17) is 0 Å². The number of rotatable bonds is 6. The van der Waals surface area contributed by atoms with Gasteiger partial charge in [-0.15, -0.1) is 0 Å². The minimum absolute atomic E-state index is 0.00967. The fourth-order valence-corrected chi connectivity index (χ4v) is 6.24. The lowest BCUT2D eigenvalue weighted by atomic mass is 9.93. The van der Waals surface area contributed by atoms with Crippen LogP contribution in [0.3, 0.4) is 0 Å². The van der Waals surface area contributed by atoms with Crippen LogP contribution in [0, 0.1) is 25.2 Å². The maximum atomic E-state index is 13.9. The van der Waals surface area contributed by atoms with Crippen LogP contribution in [0.5, 0.6) is 0 Å². The zero-order valence-corrected chi connectivity index (χ0v) is 24.6. The molecular weight excluding hydrogens is 510 g/mol. The van der Waals surface area contributed by atoms with Crippen LogP contribution in [0.15, 0.2) is 66.7 Å². The summed E-state index contributed by atoms with van der Waals surface area (Å²) in [7, 11) is 0. The molecule has 0 radical (unpaired) electrons. The molecule has 7 nitrogen and oxygen atoms in total. The second-order valence-electron chi connectivity index (χ2n) is 12.0. The van der Waals surface area contributed by atoms with E-state index in [1.165, 1.54) is 0 Å². The van der Waals surface area contributed by atoms with Crippen LogP contribution >= 0.6 is 0 Å². The topological polar surface area (TPSA) is 82.8 Å². The SMILES string of the molecule is Cc1cc(C)c(C(=O)N2CCN(c3ccccc3)C(C(C)(C)O)C2)cc1NC1CCN(c2ccccc2C#N)CC1. The average molecular weight is 552 g/mol. The van der Waals surface area contributed by atoms with Crippen LogP contribution in [-0.4, -0.2) is 66.3 Å². The predicted octanol–water partition coefficient (Wildman–Crippen LogP) is 5.36. The summed E-state index contributed by atoms with van der Waals surface area (Å²) in [5.74, 6) is 0.00967. The molecule has 214 valence electrons. The Labute approximate surface area is 244 Å². The Morgan fingerprint density at radius 3 is 2.32 bits per heavy atom. The molecule has 2 heterocycles. The van der Waals surface area contributed by atoms with Gasteiger partial charge in [-0.1, -0.05) is 36.4 Å². The number of aryl methyl sites for hydroxylation is 2. The number of amides is 1. The van der Waals surface area contributed by atoms with Crippen molar-refractivity contribution in [3.63, 3.8) is 0 Å². The number of aliphatic hydroxyl groups is 1. The lowest BCUT2D eigenvalue weighted by molar-refractivity contribution is 0.0227. The Hall–Kier alpha value is -4.02. The van der Waals surface area contributed by atoms with Crippen molar-refractivity contribution in [1.82, 2.24) is 4.90 Å². The summed E-state index contributed by atoms with van der Waals surface area (Å²) in [6.45, 7) is 11.2. The molecule has 41 heavy (non-hydrogen) atoms. The predicted molar refractivity (Wildman–Crippen MR) is 166 cm³/mol. The molecule has 0 spiro atoms. The van der Waals surface area contributed by atoms with Crippen molar-refractivity contribution in [3.05, 3.63) is 89.0 Å². The van der Waals surface area contributed by atoms with E-state index in [1.807, 2.05) is 74.2 Å². The highest BCUT2D eigenvalue weighted by Gasteiger charge is 2.39. The number of piperidine rings is 1. The number of hydrogen-bond donors (Lipinski definition) is 2. The third kappa shape index (κ3) is 6.18. The molecule has 5 rings (SSSR count). The lowest BCUT2D eigenvalue weighted by Crippen LogP contribution is -2.62. The minimum atomic E-state index is -0.980. The average Bonchev–Trinajstić information content (AvgIpc) is 2.98. The van der Waals surface area contributed by atoms with Crippen molar-refractivity contribution in [2.45, 2.75) is 58.2 Å². The minimum Gasteiger partial charge on any atom is -0.388 e. The molecular formula is C34H41N5O2. The van der Waals surface area contributed by atoms with Gasteiger partial charge in [-0.25, -0.2) is 0 Å². The van der Waals surface area contributed by atoms with Crippen LogP contribution in [-0.2, 0) is 0 Å². The van der Waals surface area contributed by atoms with E-state index in [9.17, 15) is 15.2 Å². The normalized spacial score (nSPS) is 18.2. The maximum Gasteiger partial charge on any atom is 0.254 e. The molecule has 2 fully saturated rings. The van der Waals surface area contributed by atoms with E-state index in [2.05, 4.69) is 46.3 Å². The maximum absolute atomic E-state index is 13.9. The quantitative estimate of drug-likeness (QED) is 0.429. The van der Waals surface area contributed by atoms with E-state index in [0.29, 0.717) is 36.8 Å². The standard InChI is InChI=1S/C34H41N5O2/c1-24-20-25(2)30(36-27-14-16-37(17-15-27)31-13-9-8-10-26(31)22-35)21-29(24)33(40)38-18-19-39(28-11-6-5-7-12-28)32(23-38)34(3,4)41/h5-13,20-21,27,32,36,41H,14-19,23H2,1-4H3. The second-order valence-corrected chi connectivity index (χ2v) is 12.0. The van der Waals surface area contributed by atoms with Crippen molar-refractivity contribution in [2.24, 2.45) is 0 Å². The van der Waals surface area contributed by atoms with E-state index >= 15 is 0 Å². The van der Waals surface area contributed by atoms with Crippen LogP contribution in [0.2, 0.25) is 0 Å². The molecule has 7 heteroatoms. The third-order valence-electron chi connectivity index (χ3n) is 8.59. The highest BCUT2D eigenvalue weighted by atomic mass is 16.3. The van der Waals surface area contributed by atoms with Gasteiger partial charge in [0.1, 0.15) is 6.07 Å². The smallest absolute Gasteiger partial charge is 0.254 e. The molecule has 2 aliphatic rings. The molecule has 1 atom stereocenters. The van der Waals surface area contributed by atoms with Gasteiger partial charge in [0.15, 0.2) is 0 Å². The number of nitrogens with zero attached hydrogens (tertiary/aromatic N) is 4. The van der Waals surface area contributed by atoms with Crippen LogP contribution < -0.4 is 15.1 Å². The summed E-state index contributed by atoms with van der Waals surface area (Å²) in [5.41, 5.74) is 5.60.